The van der Waals surface area contributed by atoms with Crippen LogP contribution >= 0.6 is 11.5 Å². The van der Waals surface area contributed by atoms with Crippen molar-refractivity contribution in [2.24, 2.45) is 0 Å². The zero-order chi connectivity index (χ0) is 11.5. The molecule has 4 nitrogen and oxygen atoms in total. The van der Waals surface area contributed by atoms with E-state index in [-0.39, 0.29) is 5.75 Å². The van der Waals surface area contributed by atoms with Crippen molar-refractivity contribution in [1.29, 1.82) is 0 Å². The second kappa shape index (κ2) is 4.49. The molecule has 0 saturated heterocycles. The van der Waals surface area contributed by atoms with Crippen LogP contribution in [0.5, 0.6) is 16.7 Å². The molecule has 16 heavy (non-hydrogen) atoms. The molecule has 0 atom stereocenters. The number of nitrogens with zero attached hydrogens (tertiary/aromatic N) is 2. The molecule has 0 bridgehead atoms. The fourth-order valence-corrected chi connectivity index (χ4v) is 1.86. The van der Waals surface area contributed by atoms with Crippen molar-refractivity contribution in [1.82, 2.24) is 9.36 Å². The van der Waals surface area contributed by atoms with E-state index < -0.39 is 0 Å². The molecule has 1 aromatic heterocycles. The summed E-state index contributed by atoms with van der Waals surface area (Å²) in [5.41, 5.74) is 0.704. The summed E-state index contributed by atoms with van der Waals surface area (Å²) >= 11 is 1.22. The molecule has 1 heterocycles. The first-order valence-electron chi connectivity index (χ1n) is 4.99. The van der Waals surface area contributed by atoms with E-state index in [9.17, 15) is 5.11 Å². The molecule has 0 saturated carbocycles. The van der Waals surface area contributed by atoms with Crippen LogP contribution in [-0.4, -0.2) is 14.5 Å². The standard InChI is InChI=1S/C11H12N2O2S/c1-3-10-12-11(16-13-10)15-9-6-4-5-8(14)7(9)2/h4-6,14H,3H2,1-2H3. The third-order valence-corrected chi connectivity index (χ3v) is 2.85. The van der Waals surface area contributed by atoms with Gasteiger partial charge in [0.1, 0.15) is 17.3 Å². The van der Waals surface area contributed by atoms with Crippen LogP contribution < -0.4 is 4.74 Å². The van der Waals surface area contributed by atoms with Crippen LogP contribution in [0.1, 0.15) is 18.3 Å². The lowest BCUT2D eigenvalue weighted by Gasteiger charge is -2.05. The van der Waals surface area contributed by atoms with E-state index in [1.54, 1.807) is 25.1 Å². The molecule has 0 spiro atoms. The van der Waals surface area contributed by atoms with Crippen LogP contribution in [0, 0.1) is 6.92 Å². The van der Waals surface area contributed by atoms with E-state index in [0.717, 1.165) is 12.2 Å². The van der Waals surface area contributed by atoms with E-state index in [1.807, 2.05) is 6.92 Å². The van der Waals surface area contributed by atoms with Crippen LogP contribution in [0.25, 0.3) is 0 Å². The van der Waals surface area contributed by atoms with Crippen molar-refractivity contribution in [2.75, 3.05) is 0 Å². The summed E-state index contributed by atoms with van der Waals surface area (Å²) in [5.74, 6) is 1.61. The highest BCUT2D eigenvalue weighted by molar-refractivity contribution is 7.07. The molecule has 5 heteroatoms. The molecular weight excluding hydrogens is 224 g/mol. The second-order valence-corrected chi connectivity index (χ2v) is 4.05. The zero-order valence-corrected chi connectivity index (χ0v) is 9.91. The lowest BCUT2D eigenvalue weighted by molar-refractivity contribution is 0.446. The Hall–Kier alpha value is -1.62. The van der Waals surface area contributed by atoms with Gasteiger partial charge in [0.25, 0.3) is 5.19 Å². The van der Waals surface area contributed by atoms with Crippen molar-refractivity contribution in [3.05, 3.63) is 29.6 Å². The Morgan fingerprint density at radius 1 is 1.44 bits per heavy atom. The van der Waals surface area contributed by atoms with Gasteiger partial charge in [-0.05, 0) is 19.1 Å². The molecule has 2 aromatic rings. The predicted octanol–water partition coefficient (Wildman–Crippen LogP) is 2.91. The second-order valence-electron chi connectivity index (χ2n) is 3.33. The van der Waals surface area contributed by atoms with Gasteiger partial charge < -0.3 is 9.84 Å². The molecule has 0 aliphatic heterocycles. The van der Waals surface area contributed by atoms with Crippen LogP contribution in [0.2, 0.25) is 0 Å². The number of phenols is 1. The highest BCUT2D eigenvalue weighted by Gasteiger charge is 2.08. The molecule has 0 aliphatic carbocycles. The van der Waals surface area contributed by atoms with Gasteiger partial charge in [-0.2, -0.15) is 9.36 Å². The molecule has 1 aromatic carbocycles. The SMILES string of the molecule is CCc1nsc(Oc2cccc(O)c2C)n1. The maximum Gasteiger partial charge on any atom is 0.298 e. The number of rotatable bonds is 3. The Morgan fingerprint density at radius 3 is 2.94 bits per heavy atom. The van der Waals surface area contributed by atoms with Crippen LogP contribution in [0.15, 0.2) is 18.2 Å². The summed E-state index contributed by atoms with van der Waals surface area (Å²) in [6, 6.07) is 5.15. The zero-order valence-electron chi connectivity index (χ0n) is 9.10. The van der Waals surface area contributed by atoms with E-state index in [4.69, 9.17) is 4.74 Å². The molecule has 0 unspecified atom stereocenters. The first-order valence-corrected chi connectivity index (χ1v) is 5.77. The Kier molecular flexibility index (Phi) is 3.05. The van der Waals surface area contributed by atoms with Crippen molar-refractivity contribution < 1.29 is 9.84 Å². The monoisotopic (exact) mass is 236 g/mol. The molecule has 84 valence electrons. The maximum absolute atomic E-state index is 9.52. The number of hydrogen-bond acceptors (Lipinski definition) is 5. The molecule has 2 rings (SSSR count). The van der Waals surface area contributed by atoms with Gasteiger partial charge in [0.2, 0.25) is 0 Å². The average molecular weight is 236 g/mol. The number of hydrogen-bond donors (Lipinski definition) is 1. The molecule has 0 fully saturated rings. The fraction of sp³-hybridized carbons (Fsp3) is 0.273. The first-order chi connectivity index (χ1) is 7.70. The topological polar surface area (TPSA) is 55.2 Å². The molecule has 0 radical (unpaired) electrons. The maximum atomic E-state index is 9.52. The van der Waals surface area contributed by atoms with Crippen molar-refractivity contribution in [3.8, 4) is 16.7 Å². The summed E-state index contributed by atoms with van der Waals surface area (Å²) < 4.78 is 9.68. The quantitative estimate of drug-likeness (QED) is 0.890. The Morgan fingerprint density at radius 2 is 2.25 bits per heavy atom. The fourth-order valence-electron chi connectivity index (χ4n) is 1.23. The molecule has 0 aliphatic rings. The van der Waals surface area contributed by atoms with E-state index in [1.165, 1.54) is 11.5 Å². The molecule has 1 N–H and O–H groups in total. The van der Waals surface area contributed by atoms with E-state index in [2.05, 4.69) is 9.36 Å². The lowest BCUT2D eigenvalue weighted by Crippen LogP contribution is -1.88. The Labute approximate surface area is 97.7 Å². The molecule has 0 amide bonds. The van der Waals surface area contributed by atoms with Crippen molar-refractivity contribution in [2.45, 2.75) is 20.3 Å². The number of benzene rings is 1. The highest BCUT2D eigenvalue weighted by atomic mass is 32.1. The van der Waals surface area contributed by atoms with E-state index >= 15 is 0 Å². The van der Waals surface area contributed by atoms with E-state index in [0.29, 0.717) is 16.5 Å². The van der Waals surface area contributed by atoms with Crippen molar-refractivity contribution >= 4 is 11.5 Å². The summed E-state index contributed by atoms with van der Waals surface area (Å²) in [6.07, 6.45) is 0.791. The Balaban J connectivity index is 2.23. The smallest absolute Gasteiger partial charge is 0.298 e. The number of aromatic nitrogens is 2. The molecular formula is C11H12N2O2S. The summed E-state index contributed by atoms with van der Waals surface area (Å²) in [6.45, 7) is 3.79. The summed E-state index contributed by atoms with van der Waals surface area (Å²) in [4.78, 5) is 4.20. The number of aryl methyl sites for hydroxylation is 1. The van der Waals surface area contributed by atoms with Gasteiger partial charge in [-0.15, -0.1) is 0 Å². The van der Waals surface area contributed by atoms with Gasteiger partial charge in [-0.25, -0.2) is 0 Å². The van der Waals surface area contributed by atoms with Crippen LogP contribution in [0.3, 0.4) is 0 Å². The lowest BCUT2D eigenvalue weighted by atomic mass is 10.2. The van der Waals surface area contributed by atoms with Crippen molar-refractivity contribution in [3.63, 3.8) is 0 Å². The first kappa shape index (κ1) is 10.9. The predicted molar refractivity (Wildman–Crippen MR) is 62.2 cm³/mol. The Bertz CT molecular complexity index is 496. The minimum absolute atomic E-state index is 0.220. The van der Waals surface area contributed by atoms with Gasteiger partial charge in [0, 0.05) is 23.5 Å². The average Bonchev–Trinajstić information content (AvgIpc) is 2.73. The van der Waals surface area contributed by atoms with Gasteiger partial charge >= 0.3 is 0 Å². The largest absolute Gasteiger partial charge is 0.508 e. The third kappa shape index (κ3) is 2.14. The highest BCUT2D eigenvalue weighted by Crippen LogP contribution is 2.30. The minimum atomic E-state index is 0.220. The van der Waals surface area contributed by atoms with Gasteiger partial charge in [0.15, 0.2) is 0 Å². The summed E-state index contributed by atoms with van der Waals surface area (Å²) in [5, 5.41) is 10.0. The van der Waals surface area contributed by atoms with Crippen LogP contribution in [-0.2, 0) is 6.42 Å². The minimum Gasteiger partial charge on any atom is -0.508 e. The van der Waals surface area contributed by atoms with Gasteiger partial charge in [-0.3, -0.25) is 0 Å². The van der Waals surface area contributed by atoms with Gasteiger partial charge in [-0.1, -0.05) is 13.0 Å². The normalized spacial score (nSPS) is 10.4. The number of aromatic hydroxyl groups is 1. The third-order valence-electron chi connectivity index (χ3n) is 2.22. The summed E-state index contributed by atoms with van der Waals surface area (Å²) in [7, 11) is 0. The number of ether oxygens (including phenoxy) is 1. The number of phenolic OH excluding ortho intramolecular Hbond substituents is 1. The van der Waals surface area contributed by atoms with Crippen LogP contribution in [0.4, 0.5) is 0 Å². The van der Waals surface area contributed by atoms with Gasteiger partial charge in [0.05, 0.1) is 0 Å².